The van der Waals surface area contributed by atoms with Crippen LogP contribution in [-0.4, -0.2) is 23.7 Å². The highest BCUT2D eigenvalue weighted by molar-refractivity contribution is 6.33. The Kier molecular flexibility index (Phi) is 5.08. The molecule has 5 nitrogen and oxygen atoms in total. The van der Waals surface area contributed by atoms with E-state index in [1.807, 2.05) is 18.2 Å². The second-order valence-electron chi connectivity index (χ2n) is 3.91. The van der Waals surface area contributed by atoms with Gasteiger partial charge in [-0.15, -0.1) is 0 Å². The number of anilines is 1. The van der Waals surface area contributed by atoms with E-state index in [2.05, 4.69) is 20.8 Å². The summed E-state index contributed by atoms with van der Waals surface area (Å²) < 4.78 is 0. The average molecular weight is 289 g/mol. The van der Waals surface area contributed by atoms with Crippen LogP contribution in [0.25, 0.3) is 0 Å². The van der Waals surface area contributed by atoms with E-state index >= 15 is 0 Å². The average Bonchev–Trinajstić information content (AvgIpc) is 2.47. The molecule has 0 atom stereocenters. The SMILES string of the molecule is O=C(CNc1ccccc1Cl)N/N=C/c1cccnc1. The van der Waals surface area contributed by atoms with Crippen molar-refractivity contribution >= 4 is 29.4 Å². The summed E-state index contributed by atoms with van der Waals surface area (Å²) in [5.74, 6) is -0.259. The second-order valence-corrected chi connectivity index (χ2v) is 4.32. The third-order valence-corrected chi connectivity index (χ3v) is 2.73. The molecular weight excluding hydrogens is 276 g/mol. The topological polar surface area (TPSA) is 66.4 Å². The Hall–Kier alpha value is -2.40. The number of carbonyl (C=O) groups excluding carboxylic acids is 1. The van der Waals surface area contributed by atoms with Gasteiger partial charge in [-0.25, -0.2) is 5.43 Å². The van der Waals surface area contributed by atoms with E-state index in [-0.39, 0.29) is 12.5 Å². The van der Waals surface area contributed by atoms with Gasteiger partial charge in [0, 0.05) is 18.0 Å². The number of carbonyl (C=O) groups is 1. The minimum atomic E-state index is -0.259. The molecule has 2 N–H and O–H groups in total. The highest BCUT2D eigenvalue weighted by Gasteiger charge is 2.01. The van der Waals surface area contributed by atoms with Crippen LogP contribution in [0.5, 0.6) is 0 Å². The standard InChI is InChI=1S/C14H13ClN4O/c15-12-5-1-2-6-13(12)17-10-14(20)19-18-9-11-4-3-7-16-8-11/h1-9,17H,10H2,(H,19,20)/b18-9+. The minimum absolute atomic E-state index is 0.0914. The molecule has 0 unspecified atom stereocenters. The number of rotatable bonds is 5. The maximum absolute atomic E-state index is 11.6. The van der Waals surface area contributed by atoms with E-state index in [0.717, 1.165) is 5.56 Å². The van der Waals surface area contributed by atoms with Crippen LogP contribution < -0.4 is 10.7 Å². The molecule has 0 aliphatic carbocycles. The molecule has 0 saturated heterocycles. The van der Waals surface area contributed by atoms with Gasteiger partial charge in [0.2, 0.25) is 0 Å². The molecule has 1 amide bonds. The van der Waals surface area contributed by atoms with Crippen molar-refractivity contribution in [1.82, 2.24) is 10.4 Å². The van der Waals surface area contributed by atoms with Gasteiger partial charge in [-0.05, 0) is 18.2 Å². The number of hydrogen-bond donors (Lipinski definition) is 2. The summed E-state index contributed by atoms with van der Waals surface area (Å²) >= 11 is 5.96. The quantitative estimate of drug-likeness (QED) is 0.655. The number of hydrogen-bond acceptors (Lipinski definition) is 4. The lowest BCUT2D eigenvalue weighted by molar-refractivity contribution is -0.119. The third kappa shape index (κ3) is 4.37. The number of para-hydroxylation sites is 1. The number of nitrogens with one attached hydrogen (secondary N) is 2. The smallest absolute Gasteiger partial charge is 0.259 e. The van der Waals surface area contributed by atoms with Crippen molar-refractivity contribution in [3.8, 4) is 0 Å². The summed E-state index contributed by atoms with van der Waals surface area (Å²) in [5, 5.41) is 7.34. The van der Waals surface area contributed by atoms with Crippen LogP contribution in [0.15, 0.2) is 53.9 Å². The van der Waals surface area contributed by atoms with Gasteiger partial charge in [-0.3, -0.25) is 9.78 Å². The Bertz CT molecular complexity index is 601. The van der Waals surface area contributed by atoms with Gasteiger partial charge in [0.25, 0.3) is 5.91 Å². The zero-order chi connectivity index (χ0) is 14.2. The zero-order valence-corrected chi connectivity index (χ0v) is 11.3. The van der Waals surface area contributed by atoms with Crippen LogP contribution in [0.2, 0.25) is 5.02 Å². The predicted molar refractivity (Wildman–Crippen MR) is 79.9 cm³/mol. The first kappa shape index (κ1) is 14.0. The lowest BCUT2D eigenvalue weighted by Gasteiger charge is -2.06. The maximum Gasteiger partial charge on any atom is 0.259 e. The minimum Gasteiger partial charge on any atom is -0.375 e. The van der Waals surface area contributed by atoms with Crippen molar-refractivity contribution < 1.29 is 4.79 Å². The van der Waals surface area contributed by atoms with E-state index in [1.165, 1.54) is 6.21 Å². The fraction of sp³-hybridized carbons (Fsp3) is 0.0714. The van der Waals surface area contributed by atoms with Gasteiger partial charge in [0.1, 0.15) is 0 Å². The first-order valence-corrected chi connectivity index (χ1v) is 6.34. The lowest BCUT2D eigenvalue weighted by atomic mass is 10.3. The van der Waals surface area contributed by atoms with Crippen LogP contribution in [0.3, 0.4) is 0 Å². The Morgan fingerprint density at radius 1 is 1.30 bits per heavy atom. The van der Waals surface area contributed by atoms with E-state index in [4.69, 9.17) is 11.6 Å². The summed E-state index contributed by atoms with van der Waals surface area (Å²) in [7, 11) is 0. The number of hydrazone groups is 1. The van der Waals surface area contributed by atoms with Gasteiger partial charge < -0.3 is 5.32 Å². The Labute approximate surface area is 121 Å². The molecule has 2 aromatic rings. The molecule has 6 heteroatoms. The van der Waals surface area contributed by atoms with E-state index in [1.54, 1.807) is 30.6 Å². The number of pyridine rings is 1. The summed E-state index contributed by atoms with van der Waals surface area (Å²) in [6.07, 6.45) is 4.85. The molecule has 1 aromatic carbocycles. The normalized spacial score (nSPS) is 10.4. The van der Waals surface area contributed by atoms with E-state index in [0.29, 0.717) is 10.7 Å². The van der Waals surface area contributed by atoms with Gasteiger partial charge in [-0.2, -0.15) is 5.10 Å². The molecule has 0 radical (unpaired) electrons. The second kappa shape index (κ2) is 7.25. The number of halogens is 1. The van der Waals surface area contributed by atoms with Crippen LogP contribution in [0.4, 0.5) is 5.69 Å². The molecule has 0 fully saturated rings. The summed E-state index contributed by atoms with van der Waals surface area (Å²) in [5.41, 5.74) is 3.94. The predicted octanol–water partition coefficient (Wildman–Crippen LogP) is 2.30. The van der Waals surface area contributed by atoms with Crippen molar-refractivity contribution in [2.45, 2.75) is 0 Å². The summed E-state index contributed by atoms with van der Waals surface area (Å²) in [6.45, 7) is 0.0914. The van der Waals surface area contributed by atoms with Crippen molar-refractivity contribution in [1.29, 1.82) is 0 Å². The van der Waals surface area contributed by atoms with Gasteiger partial charge in [-0.1, -0.05) is 29.8 Å². The van der Waals surface area contributed by atoms with E-state index < -0.39 is 0 Å². The maximum atomic E-state index is 11.6. The molecule has 0 bridgehead atoms. The molecule has 0 saturated carbocycles. The fourth-order valence-corrected chi connectivity index (χ4v) is 1.65. The first-order valence-electron chi connectivity index (χ1n) is 5.96. The van der Waals surface area contributed by atoms with Gasteiger partial charge >= 0.3 is 0 Å². The van der Waals surface area contributed by atoms with Crippen LogP contribution in [-0.2, 0) is 4.79 Å². The van der Waals surface area contributed by atoms with Crippen molar-refractivity contribution in [3.63, 3.8) is 0 Å². The van der Waals surface area contributed by atoms with E-state index in [9.17, 15) is 4.79 Å². The zero-order valence-electron chi connectivity index (χ0n) is 10.6. The van der Waals surface area contributed by atoms with Gasteiger partial charge in [0.05, 0.1) is 23.5 Å². The monoisotopic (exact) mass is 288 g/mol. The summed E-state index contributed by atoms with van der Waals surface area (Å²) in [6, 6.07) is 10.8. The largest absolute Gasteiger partial charge is 0.375 e. The molecule has 1 heterocycles. The number of aromatic nitrogens is 1. The molecule has 2 rings (SSSR count). The molecular formula is C14H13ClN4O. The number of benzene rings is 1. The molecule has 0 spiro atoms. The number of amides is 1. The van der Waals surface area contributed by atoms with Crippen molar-refractivity contribution in [2.75, 3.05) is 11.9 Å². The Morgan fingerprint density at radius 2 is 2.15 bits per heavy atom. The van der Waals surface area contributed by atoms with Crippen LogP contribution in [0.1, 0.15) is 5.56 Å². The summed E-state index contributed by atoms with van der Waals surface area (Å²) in [4.78, 5) is 15.5. The van der Waals surface area contributed by atoms with Crippen molar-refractivity contribution in [2.24, 2.45) is 5.10 Å². The molecule has 1 aromatic heterocycles. The van der Waals surface area contributed by atoms with Crippen molar-refractivity contribution in [3.05, 3.63) is 59.4 Å². The highest BCUT2D eigenvalue weighted by atomic mass is 35.5. The third-order valence-electron chi connectivity index (χ3n) is 2.40. The lowest BCUT2D eigenvalue weighted by Crippen LogP contribution is -2.25. The van der Waals surface area contributed by atoms with Gasteiger partial charge in [0.15, 0.2) is 0 Å². The molecule has 20 heavy (non-hydrogen) atoms. The van der Waals surface area contributed by atoms with Crippen LogP contribution >= 0.6 is 11.6 Å². The highest BCUT2D eigenvalue weighted by Crippen LogP contribution is 2.19. The first-order chi connectivity index (χ1) is 9.75. The molecule has 102 valence electrons. The Morgan fingerprint density at radius 3 is 2.90 bits per heavy atom. The number of nitrogens with zero attached hydrogens (tertiary/aromatic N) is 2. The molecule has 0 aliphatic heterocycles. The molecule has 0 aliphatic rings. The Balaban J connectivity index is 1.79. The van der Waals surface area contributed by atoms with Crippen LogP contribution in [0, 0.1) is 0 Å². The fourth-order valence-electron chi connectivity index (χ4n) is 1.45.